The van der Waals surface area contributed by atoms with Gasteiger partial charge < -0.3 is 10.5 Å². The zero-order chi connectivity index (χ0) is 8.10. The van der Waals surface area contributed by atoms with Crippen molar-refractivity contribution in [1.29, 1.82) is 0 Å². The summed E-state index contributed by atoms with van der Waals surface area (Å²) < 4.78 is 5.20. The van der Waals surface area contributed by atoms with Crippen molar-refractivity contribution in [2.45, 2.75) is 18.9 Å². The number of hydrogen-bond acceptors (Lipinski definition) is 2. The van der Waals surface area contributed by atoms with Gasteiger partial charge in [-0.25, -0.2) is 0 Å². The van der Waals surface area contributed by atoms with Crippen molar-refractivity contribution in [3.05, 3.63) is 23.8 Å². The fourth-order valence-electron chi connectivity index (χ4n) is 1.18. The highest BCUT2D eigenvalue weighted by Crippen LogP contribution is 2.11. The van der Waals surface area contributed by atoms with E-state index in [4.69, 9.17) is 10.5 Å². The molecular formula is C9H15NO. The Morgan fingerprint density at radius 2 is 2.55 bits per heavy atom. The molecule has 1 aliphatic carbocycles. The lowest BCUT2D eigenvalue weighted by atomic mass is 10.2. The Morgan fingerprint density at radius 3 is 3.18 bits per heavy atom. The van der Waals surface area contributed by atoms with Crippen LogP contribution in [0.5, 0.6) is 0 Å². The molecule has 1 rings (SSSR count). The Labute approximate surface area is 67.7 Å². The first-order chi connectivity index (χ1) is 5.36. The molecule has 0 aromatic rings. The molecule has 0 radical (unpaired) electrons. The van der Waals surface area contributed by atoms with Gasteiger partial charge in [0.05, 0.1) is 6.10 Å². The molecule has 62 valence electrons. The van der Waals surface area contributed by atoms with Gasteiger partial charge in [0.25, 0.3) is 0 Å². The largest absolute Gasteiger partial charge is 0.377 e. The number of methoxy groups -OCH3 is 1. The van der Waals surface area contributed by atoms with Crippen LogP contribution in [-0.2, 0) is 4.74 Å². The van der Waals surface area contributed by atoms with Crippen LogP contribution in [0.2, 0.25) is 0 Å². The van der Waals surface area contributed by atoms with Crippen molar-refractivity contribution in [1.82, 2.24) is 0 Å². The van der Waals surface area contributed by atoms with Crippen molar-refractivity contribution >= 4 is 0 Å². The van der Waals surface area contributed by atoms with E-state index in [-0.39, 0.29) is 6.10 Å². The van der Waals surface area contributed by atoms with Crippen LogP contribution < -0.4 is 5.73 Å². The van der Waals surface area contributed by atoms with Gasteiger partial charge in [-0.05, 0) is 18.4 Å². The summed E-state index contributed by atoms with van der Waals surface area (Å²) in [4.78, 5) is 0. The van der Waals surface area contributed by atoms with Crippen LogP contribution in [0, 0.1) is 0 Å². The summed E-state index contributed by atoms with van der Waals surface area (Å²) in [5.41, 5.74) is 6.71. The fraction of sp³-hybridized carbons (Fsp3) is 0.556. The van der Waals surface area contributed by atoms with Gasteiger partial charge in [0, 0.05) is 13.7 Å². The zero-order valence-corrected chi connectivity index (χ0v) is 6.92. The monoisotopic (exact) mass is 153 g/mol. The highest BCUT2D eigenvalue weighted by Gasteiger charge is 2.04. The number of nitrogens with two attached hydrogens (primary N) is 1. The Morgan fingerprint density at radius 1 is 1.73 bits per heavy atom. The van der Waals surface area contributed by atoms with Crippen LogP contribution >= 0.6 is 0 Å². The maximum atomic E-state index is 5.50. The van der Waals surface area contributed by atoms with Gasteiger partial charge in [0.15, 0.2) is 0 Å². The molecule has 0 fully saturated rings. The highest BCUT2D eigenvalue weighted by atomic mass is 16.5. The zero-order valence-electron chi connectivity index (χ0n) is 6.92. The average molecular weight is 153 g/mol. The number of allylic oxidation sites excluding steroid dienone is 1. The van der Waals surface area contributed by atoms with E-state index >= 15 is 0 Å². The topological polar surface area (TPSA) is 35.2 Å². The van der Waals surface area contributed by atoms with Crippen molar-refractivity contribution in [2.75, 3.05) is 13.7 Å². The summed E-state index contributed by atoms with van der Waals surface area (Å²) >= 11 is 0. The lowest BCUT2D eigenvalue weighted by Crippen LogP contribution is -2.04. The van der Waals surface area contributed by atoms with Crippen LogP contribution in [0.1, 0.15) is 12.8 Å². The summed E-state index contributed by atoms with van der Waals surface area (Å²) in [6, 6.07) is 0. The summed E-state index contributed by atoms with van der Waals surface area (Å²) in [5.74, 6) is 0. The first-order valence-corrected chi connectivity index (χ1v) is 3.97. The fourth-order valence-corrected chi connectivity index (χ4v) is 1.18. The Balaban J connectivity index is 2.53. The predicted octanol–water partition coefficient (Wildman–Crippen LogP) is 1.24. The molecule has 2 nitrogen and oxygen atoms in total. The molecule has 2 heteroatoms. The second-order valence-corrected chi connectivity index (χ2v) is 2.69. The molecule has 1 aliphatic rings. The standard InChI is InChI=1S/C9H15NO/c1-11-9-4-2-3-8(7-10)5-6-9/h3,5-6,9H,2,4,7,10H2,1H3. The predicted molar refractivity (Wildman–Crippen MR) is 46.3 cm³/mol. The number of rotatable bonds is 2. The van der Waals surface area contributed by atoms with E-state index < -0.39 is 0 Å². The summed E-state index contributed by atoms with van der Waals surface area (Å²) in [6.45, 7) is 0.632. The van der Waals surface area contributed by atoms with Gasteiger partial charge >= 0.3 is 0 Å². The highest BCUT2D eigenvalue weighted by molar-refractivity contribution is 5.22. The first-order valence-electron chi connectivity index (χ1n) is 3.97. The van der Waals surface area contributed by atoms with Gasteiger partial charge in [-0.15, -0.1) is 0 Å². The Kier molecular flexibility index (Phi) is 3.33. The van der Waals surface area contributed by atoms with E-state index in [1.165, 1.54) is 5.57 Å². The molecule has 0 spiro atoms. The molecule has 1 unspecified atom stereocenters. The summed E-state index contributed by atoms with van der Waals surface area (Å²) in [7, 11) is 1.74. The first kappa shape index (κ1) is 8.50. The minimum absolute atomic E-state index is 0.273. The molecule has 0 aliphatic heterocycles. The Hall–Kier alpha value is -0.600. The van der Waals surface area contributed by atoms with Gasteiger partial charge in [0.2, 0.25) is 0 Å². The minimum atomic E-state index is 0.273. The normalized spacial score (nSPS) is 24.5. The van der Waals surface area contributed by atoms with Crippen LogP contribution in [0.4, 0.5) is 0 Å². The van der Waals surface area contributed by atoms with Crippen LogP contribution in [-0.4, -0.2) is 19.8 Å². The van der Waals surface area contributed by atoms with Gasteiger partial charge in [-0.1, -0.05) is 18.2 Å². The molecule has 0 aromatic heterocycles. The van der Waals surface area contributed by atoms with E-state index in [2.05, 4.69) is 18.2 Å². The van der Waals surface area contributed by atoms with E-state index in [1.54, 1.807) is 7.11 Å². The molecule has 0 saturated heterocycles. The van der Waals surface area contributed by atoms with Crippen molar-refractivity contribution in [2.24, 2.45) is 5.73 Å². The maximum Gasteiger partial charge on any atom is 0.0758 e. The van der Waals surface area contributed by atoms with E-state index in [0.717, 1.165) is 12.8 Å². The number of hydrogen-bond donors (Lipinski definition) is 1. The average Bonchev–Trinajstić information content (AvgIpc) is 2.28. The van der Waals surface area contributed by atoms with Crippen molar-refractivity contribution in [3.63, 3.8) is 0 Å². The minimum Gasteiger partial charge on any atom is -0.377 e. The van der Waals surface area contributed by atoms with E-state index in [9.17, 15) is 0 Å². The molecule has 0 heterocycles. The molecule has 0 bridgehead atoms. The molecule has 0 amide bonds. The van der Waals surface area contributed by atoms with Crippen molar-refractivity contribution < 1.29 is 4.74 Å². The third-order valence-electron chi connectivity index (χ3n) is 1.92. The van der Waals surface area contributed by atoms with Gasteiger partial charge in [0.1, 0.15) is 0 Å². The summed E-state index contributed by atoms with van der Waals surface area (Å²) in [5, 5.41) is 0. The van der Waals surface area contributed by atoms with Crippen LogP contribution in [0.3, 0.4) is 0 Å². The lowest BCUT2D eigenvalue weighted by molar-refractivity contribution is 0.135. The number of ether oxygens (including phenoxy) is 1. The smallest absolute Gasteiger partial charge is 0.0758 e. The molecule has 11 heavy (non-hydrogen) atoms. The van der Waals surface area contributed by atoms with Crippen molar-refractivity contribution in [3.8, 4) is 0 Å². The molecule has 1 atom stereocenters. The van der Waals surface area contributed by atoms with Crippen LogP contribution in [0.25, 0.3) is 0 Å². The SMILES string of the molecule is COC1C=CC(CN)=CCC1. The summed E-state index contributed by atoms with van der Waals surface area (Å²) in [6.07, 6.45) is 8.71. The molecule has 2 N–H and O–H groups in total. The van der Waals surface area contributed by atoms with E-state index in [1.807, 2.05) is 0 Å². The quantitative estimate of drug-likeness (QED) is 0.647. The third-order valence-corrected chi connectivity index (χ3v) is 1.92. The van der Waals surface area contributed by atoms with Gasteiger partial charge in [-0.3, -0.25) is 0 Å². The lowest BCUT2D eigenvalue weighted by Gasteiger charge is -2.06. The molecular weight excluding hydrogens is 138 g/mol. The maximum absolute atomic E-state index is 5.50. The van der Waals surface area contributed by atoms with Crippen LogP contribution in [0.15, 0.2) is 23.8 Å². The molecule has 0 saturated carbocycles. The Bertz CT molecular complexity index is 172. The van der Waals surface area contributed by atoms with E-state index in [0.29, 0.717) is 6.54 Å². The third kappa shape index (κ3) is 2.48. The second kappa shape index (κ2) is 4.31. The second-order valence-electron chi connectivity index (χ2n) is 2.69. The molecule has 0 aromatic carbocycles. The van der Waals surface area contributed by atoms with Gasteiger partial charge in [-0.2, -0.15) is 0 Å².